The van der Waals surface area contributed by atoms with Gasteiger partial charge in [-0.05, 0) is 18.9 Å². The SMILES string of the molecule is O=C(Cc1cccc(F)c1F)NC1(CO)CC1. The molecule has 1 fully saturated rings. The number of rotatable bonds is 4. The maximum Gasteiger partial charge on any atom is 0.225 e. The van der Waals surface area contributed by atoms with Crippen molar-refractivity contribution in [1.82, 2.24) is 5.32 Å². The van der Waals surface area contributed by atoms with Crippen LogP contribution in [-0.2, 0) is 11.2 Å². The number of aliphatic hydroxyl groups is 1. The Bertz CT molecular complexity index is 444. The highest BCUT2D eigenvalue weighted by molar-refractivity contribution is 5.79. The van der Waals surface area contributed by atoms with Gasteiger partial charge in [-0.15, -0.1) is 0 Å². The molecule has 1 amide bonds. The fraction of sp³-hybridized carbons (Fsp3) is 0.417. The van der Waals surface area contributed by atoms with Crippen LogP contribution in [0.1, 0.15) is 18.4 Å². The maximum absolute atomic E-state index is 13.3. The largest absolute Gasteiger partial charge is 0.394 e. The Morgan fingerprint density at radius 2 is 2.12 bits per heavy atom. The molecular weight excluding hydrogens is 228 g/mol. The summed E-state index contributed by atoms with van der Waals surface area (Å²) < 4.78 is 26.2. The lowest BCUT2D eigenvalue weighted by atomic mass is 10.1. The van der Waals surface area contributed by atoms with E-state index in [1.165, 1.54) is 12.1 Å². The molecule has 5 heteroatoms. The second-order valence-electron chi connectivity index (χ2n) is 4.38. The molecule has 0 saturated heterocycles. The number of carbonyl (C=O) groups is 1. The van der Waals surface area contributed by atoms with E-state index in [2.05, 4.69) is 5.32 Å². The summed E-state index contributed by atoms with van der Waals surface area (Å²) in [6.07, 6.45) is 1.23. The number of amides is 1. The first-order chi connectivity index (χ1) is 8.06. The summed E-state index contributed by atoms with van der Waals surface area (Å²) in [4.78, 5) is 11.6. The van der Waals surface area contributed by atoms with Crippen molar-refractivity contribution in [2.75, 3.05) is 6.61 Å². The van der Waals surface area contributed by atoms with Gasteiger partial charge in [-0.3, -0.25) is 4.79 Å². The van der Waals surface area contributed by atoms with Gasteiger partial charge in [-0.1, -0.05) is 12.1 Å². The van der Waals surface area contributed by atoms with Crippen LogP contribution in [0, 0.1) is 11.6 Å². The Hall–Kier alpha value is -1.49. The summed E-state index contributed by atoms with van der Waals surface area (Å²) in [5.74, 6) is -2.35. The van der Waals surface area contributed by atoms with Crippen molar-refractivity contribution in [3.8, 4) is 0 Å². The Morgan fingerprint density at radius 3 is 2.71 bits per heavy atom. The van der Waals surface area contributed by atoms with Crippen LogP contribution in [-0.4, -0.2) is 23.2 Å². The Balaban J connectivity index is 2.01. The van der Waals surface area contributed by atoms with Gasteiger partial charge in [0, 0.05) is 5.56 Å². The minimum absolute atomic E-state index is 0.0243. The monoisotopic (exact) mass is 241 g/mol. The molecular formula is C12H13F2NO2. The van der Waals surface area contributed by atoms with E-state index in [0.29, 0.717) is 0 Å². The number of aliphatic hydroxyl groups excluding tert-OH is 1. The standard InChI is InChI=1S/C12H13F2NO2/c13-9-3-1-2-8(11(9)14)6-10(17)15-12(7-16)4-5-12/h1-3,16H,4-7H2,(H,15,17). The van der Waals surface area contributed by atoms with Crippen molar-refractivity contribution in [3.63, 3.8) is 0 Å². The Labute approximate surface area is 97.5 Å². The van der Waals surface area contributed by atoms with Crippen LogP contribution >= 0.6 is 0 Å². The van der Waals surface area contributed by atoms with Gasteiger partial charge >= 0.3 is 0 Å². The maximum atomic E-state index is 13.3. The molecule has 1 aromatic carbocycles. The highest BCUT2D eigenvalue weighted by atomic mass is 19.2. The molecule has 1 saturated carbocycles. The van der Waals surface area contributed by atoms with Crippen LogP contribution in [0.3, 0.4) is 0 Å². The van der Waals surface area contributed by atoms with Crippen molar-refractivity contribution >= 4 is 5.91 Å². The van der Waals surface area contributed by atoms with Crippen LogP contribution < -0.4 is 5.32 Å². The zero-order chi connectivity index (χ0) is 12.5. The predicted octanol–water partition coefficient (Wildman–Crippen LogP) is 1.15. The molecule has 1 aliphatic rings. The molecule has 3 nitrogen and oxygen atoms in total. The third kappa shape index (κ3) is 2.61. The van der Waals surface area contributed by atoms with Crippen LogP contribution in [0.25, 0.3) is 0 Å². The van der Waals surface area contributed by atoms with Crippen LogP contribution in [0.2, 0.25) is 0 Å². The minimum atomic E-state index is -0.989. The molecule has 0 unspecified atom stereocenters. The molecule has 92 valence electrons. The zero-order valence-electron chi connectivity index (χ0n) is 9.17. The van der Waals surface area contributed by atoms with Crippen LogP contribution in [0.15, 0.2) is 18.2 Å². The molecule has 0 bridgehead atoms. The lowest BCUT2D eigenvalue weighted by molar-refractivity contribution is -0.121. The Kier molecular flexibility index (Phi) is 3.11. The number of hydrogen-bond donors (Lipinski definition) is 2. The highest BCUT2D eigenvalue weighted by Crippen LogP contribution is 2.34. The van der Waals surface area contributed by atoms with E-state index in [-0.39, 0.29) is 18.6 Å². The average molecular weight is 241 g/mol. The summed E-state index contributed by atoms with van der Waals surface area (Å²) in [7, 11) is 0. The van der Waals surface area contributed by atoms with Gasteiger partial charge in [-0.2, -0.15) is 0 Å². The van der Waals surface area contributed by atoms with Crippen molar-refractivity contribution in [2.24, 2.45) is 0 Å². The fourth-order valence-corrected chi connectivity index (χ4v) is 1.67. The molecule has 2 rings (SSSR count). The van der Waals surface area contributed by atoms with Gasteiger partial charge < -0.3 is 10.4 Å². The average Bonchev–Trinajstić information content (AvgIpc) is 3.05. The summed E-state index contributed by atoms with van der Waals surface area (Å²) in [6.45, 7) is -0.121. The first-order valence-electron chi connectivity index (χ1n) is 5.41. The quantitative estimate of drug-likeness (QED) is 0.830. The van der Waals surface area contributed by atoms with Gasteiger partial charge in [0.1, 0.15) is 0 Å². The molecule has 0 heterocycles. The third-order valence-corrected chi connectivity index (χ3v) is 2.94. The topological polar surface area (TPSA) is 49.3 Å². The summed E-state index contributed by atoms with van der Waals surface area (Å²) in [5.41, 5.74) is -0.503. The molecule has 0 aromatic heterocycles. The lowest BCUT2D eigenvalue weighted by Gasteiger charge is -2.14. The second kappa shape index (κ2) is 4.41. The number of benzene rings is 1. The van der Waals surface area contributed by atoms with Gasteiger partial charge in [-0.25, -0.2) is 8.78 Å². The van der Waals surface area contributed by atoms with E-state index in [9.17, 15) is 13.6 Å². The summed E-state index contributed by atoms with van der Waals surface area (Å²) >= 11 is 0. The summed E-state index contributed by atoms with van der Waals surface area (Å²) in [5, 5.41) is 11.7. The second-order valence-corrected chi connectivity index (χ2v) is 4.38. The molecule has 1 aliphatic carbocycles. The minimum Gasteiger partial charge on any atom is -0.394 e. The van der Waals surface area contributed by atoms with Crippen molar-refractivity contribution in [2.45, 2.75) is 24.8 Å². The molecule has 0 spiro atoms. The molecule has 0 aliphatic heterocycles. The first-order valence-corrected chi connectivity index (χ1v) is 5.41. The molecule has 17 heavy (non-hydrogen) atoms. The van der Waals surface area contributed by atoms with Gasteiger partial charge in [0.25, 0.3) is 0 Å². The number of nitrogens with one attached hydrogen (secondary N) is 1. The first kappa shape index (κ1) is 12.0. The molecule has 0 atom stereocenters. The number of hydrogen-bond acceptors (Lipinski definition) is 2. The highest BCUT2D eigenvalue weighted by Gasteiger charge is 2.43. The van der Waals surface area contributed by atoms with E-state index >= 15 is 0 Å². The smallest absolute Gasteiger partial charge is 0.225 e. The van der Waals surface area contributed by atoms with Crippen LogP contribution in [0.5, 0.6) is 0 Å². The van der Waals surface area contributed by atoms with Gasteiger partial charge in [0.05, 0.1) is 18.6 Å². The van der Waals surface area contributed by atoms with Crippen molar-refractivity contribution < 1.29 is 18.7 Å². The van der Waals surface area contributed by atoms with E-state index in [1.54, 1.807) is 0 Å². The molecule has 0 radical (unpaired) electrons. The van der Waals surface area contributed by atoms with E-state index in [4.69, 9.17) is 5.11 Å². The number of halogens is 2. The summed E-state index contributed by atoms with van der Waals surface area (Å²) in [6, 6.07) is 3.74. The fourth-order valence-electron chi connectivity index (χ4n) is 1.67. The van der Waals surface area contributed by atoms with Crippen molar-refractivity contribution in [1.29, 1.82) is 0 Å². The van der Waals surface area contributed by atoms with E-state index < -0.39 is 23.1 Å². The third-order valence-electron chi connectivity index (χ3n) is 2.94. The number of carbonyl (C=O) groups excluding carboxylic acids is 1. The Morgan fingerprint density at radius 1 is 1.41 bits per heavy atom. The lowest BCUT2D eigenvalue weighted by Crippen LogP contribution is -2.40. The van der Waals surface area contributed by atoms with E-state index in [1.807, 2.05) is 0 Å². The van der Waals surface area contributed by atoms with E-state index in [0.717, 1.165) is 18.9 Å². The molecule has 2 N–H and O–H groups in total. The van der Waals surface area contributed by atoms with Crippen molar-refractivity contribution in [3.05, 3.63) is 35.4 Å². The molecule has 1 aromatic rings. The van der Waals surface area contributed by atoms with Crippen LogP contribution in [0.4, 0.5) is 8.78 Å². The zero-order valence-corrected chi connectivity index (χ0v) is 9.17. The predicted molar refractivity (Wildman–Crippen MR) is 57.3 cm³/mol. The normalized spacial score (nSPS) is 16.6. The van der Waals surface area contributed by atoms with Gasteiger partial charge in [0.2, 0.25) is 5.91 Å². The van der Waals surface area contributed by atoms with Gasteiger partial charge in [0.15, 0.2) is 11.6 Å².